The Morgan fingerprint density at radius 3 is 3.00 bits per heavy atom. The van der Waals surface area contributed by atoms with Crippen LogP contribution in [0.1, 0.15) is 34.8 Å². The summed E-state index contributed by atoms with van der Waals surface area (Å²) in [5.41, 5.74) is 0.699. The lowest BCUT2D eigenvalue weighted by atomic mass is 10.1. The van der Waals surface area contributed by atoms with E-state index in [4.69, 9.17) is 0 Å². The SMILES string of the molecule is COC(=O)c1ccc(CSc2nnnn2C2CC2)cc1F. The van der Waals surface area contributed by atoms with E-state index in [-0.39, 0.29) is 5.56 Å². The Labute approximate surface area is 124 Å². The fraction of sp³-hybridized carbons (Fsp3) is 0.385. The molecule has 0 aliphatic heterocycles. The number of hydrogen-bond donors (Lipinski definition) is 0. The topological polar surface area (TPSA) is 69.9 Å². The van der Waals surface area contributed by atoms with Gasteiger partial charge < -0.3 is 4.74 Å². The van der Waals surface area contributed by atoms with E-state index in [1.807, 2.05) is 4.68 Å². The summed E-state index contributed by atoms with van der Waals surface area (Å²) in [5.74, 6) is -0.725. The van der Waals surface area contributed by atoms with Crippen LogP contribution < -0.4 is 0 Å². The predicted molar refractivity (Wildman–Crippen MR) is 73.4 cm³/mol. The van der Waals surface area contributed by atoms with Gasteiger partial charge in [-0.2, -0.15) is 0 Å². The third kappa shape index (κ3) is 3.05. The summed E-state index contributed by atoms with van der Waals surface area (Å²) in [7, 11) is 1.23. The first-order valence-corrected chi connectivity index (χ1v) is 7.45. The summed E-state index contributed by atoms with van der Waals surface area (Å²) >= 11 is 1.45. The molecule has 0 spiro atoms. The molecule has 0 saturated heterocycles. The van der Waals surface area contributed by atoms with Gasteiger partial charge >= 0.3 is 5.97 Å². The minimum Gasteiger partial charge on any atom is -0.465 e. The summed E-state index contributed by atoms with van der Waals surface area (Å²) in [6.45, 7) is 0. The number of tetrazole rings is 1. The van der Waals surface area contributed by atoms with Crippen LogP contribution in [-0.2, 0) is 10.5 Å². The Balaban J connectivity index is 1.69. The number of esters is 1. The Kier molecular flexibility index (Phi) is 3.87. The van der Waals surface area contributed by atoms with Crippen molar-refractivity contribution < 1.29 is 13.9 Å². The average molecular weight is 308 g/mol. The molecule has 1 fully saturated rings. The van der Waals surface area contributed by atoms with Gasteiger partial charge in [0.05, 0.1) is 18.7 Å². The second-order valence-electron chi connectivity index (χ2n) is 4.73. The molecular formula is C13H13FN4O2S. The minimum absolute atomic E-state index is 0.0611. The van der Waals surface area contributed by atoms with Crippen LogP contribution >= 0.6 is 11.8 Å². The van der Waals surface area contributed by atoms with Gasteiger partial charge in [0, 0.05) is 5.75 Å². The number of ether oxygens (including phenoxy) is 1. The predicted octanol–water partition coefficient (Wildman–Crippen LogP) is 2.23. The summed E-state index contributed by atoms with van der Waals surface area (Å²) in [5, 5.41) is 12.3. The summed E-state index contributed by atoms with van der Waals surface area (Å²) < 4.78 is 20.1. The van der Waals surface area contributed by atoms with Crippen LogP contribution in [0, 0.1) is 5.82 Å². The summed E-state index contributed by atoms with van der Waals surface area (Å²) in [6.07, 6.45) is 2.20. The number of benzene rings is 1. The highest BCUT2D eigenvalue weighted by Crippen LogP contribution is 2.36. The number of carbonyl (C=O) groups is 1. The molecule has 0 atom stereocenters. The molecule has 1 aromatic carbocycles. The second-order valence-corrected chi connectivity index (χ2v) is 5.67. The number of hydrogen-bond acceptors (Lipinski definition) is 6. The monoisotopic (exact) mass is 308 g/mol. The molecule has 110 valence electrons. The zero-order valence-electron chi connectivity index (χ0n) is 11.3. The maximum atomic E-state index is 13.8. The van der Waals surface area contributed by atoms with Crippen LogP contribution in [0.4, 0.5) is 4.39 Å². The highest BCUT2D eigenvalue weighted by Gasteiger charge is 2.27. The van der Waals surface area contributed by atoms with Crippen molar-refractivity contribution >= 4 is 17.7 Å². The largest absolute Gasteiger partial charge is 0.465 e. The van der Waals surface area contributed by atoms with Gasteiger partial charge in [0.25, 0.3) is 0 Å². The van der Waals surface area contributed by atoms with Crippen molar-refractivity contribution in [3.05, 3.63) is 35.1 Å². The van der Waals surface area contributed by atoms with Gasteiger partial charge in [0.1, 0.15) is 5.82 Å². The fourth-order valence-electron chi connectivity index (χ4n) is 1.90. The normalized spacial score (nSPS) is 14.2. The minimum atomic E-state index is -0.677. The molecule has 1 aliphatic rings. The molecule has 2 aromatic rings. The van der Waals surface area contributed by atoms with Crippen molar-refractivity contribution in [2.75, 3.05) is 7.11 Å². The molecule has 3 rings (SSSR count). The van der Waals surface area contributed by atoms with Gasteiger partial charge in [-0.05, 0) is 41.0 Å². The van der Waals surface area contributed by atoms with Gasteiger partial charge in [-0.15, -0.1) is 5.10 Å². The van der Waals surface area contributed by atoms with Crippen LogP contribution in [0.25, 0.3) is 0 Å². The highest BCUT2D eigenvalue weighted by molar-refractivity contribution is 7.98. The molecule has 1 heterocycles. The first-order valence-electron chi connectivity index (χ1n) is 6.46. The Hall–Kier alpha value is -1.96. The van der Waals surface area contributed by atoms with E-state index < -0.39 is 11.8 Å². The molecule has 1 aliphatic carbocycles. The molecule has 1 saturated carbocycles. The zero-order chi connectivity index (χ0) is 14.8. The van der Waals surface area contributed by atoms with Crippen molar-refractivity contribution in [1.82, 2.24) is 20.2 Å². The van der Waals surface area contributed by atoms with E-state index in [2.05, 4.69) is 20.3 Å². The number of aromatic nitrogens is 4. The van der Waals surface area contributed by atoms with E-state index in [0.29, 0.717) is 11.8 Å². The van der Waals surface area contributed by atoms with Gasteiger partial charge in [0.2, 0.25) is 5.16 Å². The Bertz CT molecular complexity index is 672. The standard InChI is InChI=1S/C13H13FN4O2S/c1-20-12(19)10-5-2-8(6-11(10)14)7-21-13-15-16-17-18(13)9-3-4-9/h2,5-6,9H,3-4,7H2,1H3. The first-order chi connectivity index (χ1) is 10.2. The van der Waals surface area contributed by atoms with Gasteiger partial charge in [-0.1, -0.05) is 17.8 Å². The number of rotatable bonds is 5. The van der Waals surface area contributed by atoms with Crippen LogP contribution in [-0.4, -0.2) is 33.3 Å². The molecule has 21 heavy (non-hydrogen) atoms. The molecule has 0 unspecified atom stereocenters. The van der Waals surface area contributed by atoms with Crippen molar-refractivity contribution in [2.45, 2.75) is 29.8 Å². The molecule has 8 heteroatoms. The smallest absolute Gasteiger partial charge is 0.340 e. The molecule has 0 N–H and O–H groups in total. The van der Waals surface area contributed by atoms with Crippen molar-refractivity contribution in [3.63, 3.8) is 0 Å². The molecule has 0 bridgehead atoms. The summed E-state index contributed by atoms with van der Waals surface area (Å²) in [6, 6.07) is 4.87. The van der Waals surface area contributed by atoms with Gasteiger partial charge in [-0.25, -0.2) is 13.9 Å². The van der Waals surface area contributed by atoms with Crippen molar-refractivity contribution in [1.29, 1.82) is 0 Å². The number of nitrogens with zero attached hydrogens (tertiary/aromatic N) is 4. The molecule has 1 aromatic heterocycles. The summed E-state index contributed by atoms with van der Waals surface area (Å²) in [4.78, 5) is 11.3. The maximum absolute atomic E-state index is 13.8. The van der Waals surface area contributed by atoms with Crippen LogP contribution in [0.15, 0.2) is 23.4 Å². The van der Waals surface area contributed by atoms with Gasteiger partial charge in [0.15, 0.2) is 0 Å². The second kappa shape index (κ2) is 5.80. The quantitative estimate of drug-likeness (QED) is 0.623. The lowest BCUT2D eigenvalue weighted by molar-refractivity contribution is 0.0595. The lowest BCUT2D eigenvalue weighted by Crippen LogP contribution is -2.04. The first kappa shape index (κ1) is 14.0. The third-order valence-corrected chi connectivity index (χ3v) is 4.17. The van der Waals surface area contributed by atoms with E-state index in [9.17, 15) is 9.18 Å². The third-order valence-electron chi connectivity index (χ3n) is 3.16. The average Bonchev–Trinajstić information content (AvgIpc) is 3.23. The lowest BCUT2D eigenvalue weighted by Gasteiger charge is -2.05. The van der Waals surface area contributed by atoms with Gasteiger partial charge in [-0.3, -0.25) is 0 Å². The van der Waals surface area contributed by atoms with E-state index >= 15 is 0 Å². The van der Waals surface area contributed by atoms with Crippen LogP contribution in [0.5, 0.6) is 0 Å². The zero-order valence-corrected chi connectivity index (χ0v) is 12.1. The van der Waals surface area contributed by atoms with Crippen molar-refractivity contribution in [3.8, 4) is 0 Å². The number of carbonyl (C=O) groups excluding carboxylic acids is 1. The molecule has 0 radical (unpaired) electrons. The Morgan fingerprint density at radius 1 is 1.52 bits per heavy atom. The van der Waals surface area contributed by atoms with Crippen LogP contribution in [0.2, 0.25) is 0 Å². The molecular weight excluding hydrogens is 295 g/mol. The fourth-order valence-corrected chi connectivity index (χ4v) is 2.79. The molecule has 6 nitrogen and oxygen atoms in total. The maximum Gasteiger partial charge on any atom is 0.340 e. The number of thioether (sulfide) groups is 1. The molecule has 0 amide bonds. The van der Waals surface area contributed by atoms with E-state index in [0.717, 1.165) is 23.6 Å². The van der Waals surface area contributed by atoms with E-state index in [1.54, 1.807) is 6.07 Å². The van der Waals surface area contributed by atoms with Crippen molar-refractivity contribution in [2.24, 2.45) is 0 Å². The Morgan fingerprint density at radius 2 is 2.33 bits per heavy atom. The highest BCUT2D eigenvalue weighted by atomic mass is 32.2. The van der Waals surface area contributed by atoms with E-state index in [1.165, 1.54) is 31.0 Å². The number of halogens is 1. The van der Waals surface area contributed by atoms with Crippen LogP contribution in [0.3, 0.4) is 0 Å². The number of methoxy groups -OCH3 is 1.